The first-order chi connectivity index (χ1) is 14.2. The van der Waals surface area contributed by atoms with E-state index < -0.39 is 0 Å². The molecule has 148 valence electrons. The molecule has 1 saturated heterocycles. The topological polar surface area (TPSA) is 87.1 Å². The highest BCUT2D eigenvalue weighted by Gasteiger charge is 2.21. The van der Waals surface area contributed by atoms with Crippen LogP contribution >= 0.6 is 0 Å². The summed E-state index contributed by atoms with van der Waals surface area (Å²) in [6, 6.07) is 13.3. The highest BCUT2D eigenvalue weighted by molar-refractivity contribution is 5.92. The molecule has 1 N–H and O–H groups in total. The number of hydrogen-bond donors (Lipinski definition) is 1. The van der Waals surface area contributed by atoms with Crippen molar-refractivity contribution in [1.29, 1.82) is 0 Å². The smallest absolute Gasteiger partial charge is 0.270 e. The Balaban J connectivity index is 1.41. The summed E-state index contributed by atoms with van der Waals surface area (Å²) < 4.78 is 0. The van der Waals surface area contributed by atoms with Crippen molar-refractivity contribution in [2.24, 2.45) is 0 Å². The Morgan fingerprint density at radius 1 is 0.931 bits per heavy atom. The molecule has 0 spiro atoms. The highest BCUT2D eigenvalue weighted by atomic mass is 16.1. The number of anilines is 2. The van der Waals surface area contributed by atoms with Gasteiger partial charge in [0.25, 0.3) is 5.91 Å². The van der Waals surface area contributed by atoms with E-state index in [9.17, 15) is 4.79 Å². The second kappa shape index (κ2) is 8.64. The molecule has 0 saturated carbocycles. The van der Waals surface area contributed by atoms with Crippen LogP contribution in [0, 0.1) is 6.92 Å². The predicted octanol–water partition coefficient (Wildman–Crippen LogP) is 1.83. The zero-order valence-electron chi connectivity index (χ0n) is 16.3. The lowest BCUT2D eigenvalue weighted by molar-refractivity contribution is 0.0945. The number of hydrogen-bond acceptors (Lipinski definition) is 7. The zero-order chi connectivity index (χ0) is 20.1. The summed E-state index contributed by atoms with van der Waals surface area (Å²) in [5, 5.41) is 2.87. The number of pyridine rings is 2. The van der Waals surface area contributed by atoms with Crippen LogP contribution in [-0.4, -0.2) is 52.0 Å². The molecule has 0 unspecified atom stereocenters. The number of piperazine rings is 1. The number of amides is 1. The van der Waals surface area contributed by atoms with Gasteiger partial charge in [-0.3, -0.25) is 9.78 Å². The maximum Gasteiger partial charge on any atom is 0.270 e. The first kappa shape index (κ1) is 18.8. The van der Waals surface area contributed by atoms with Crippen molar-refractivity contribution >= 4 is 17.5 Å². The van der Waals surface area contributed by atoms with Crippen LogP contribution in [0.2, 0.25) is 0 Å². The standard InChI is InChI=1S/C21H23N7O/c1-16-25-18(21(29)24-15-17-6-2-4-8-22-17)14-20(26-16)28-12-10-27(11-13-28)19-7-3-5-9-23-19/h2-9,14H,10-13,15H2,1H3,(H,24,29). The lowest BCUT2D eigenvalue weighted by Crippen LogP contribution is -2.47. The Hall–Kier alpha value is -3.55. The minimum absolute atomic E-state index is 0.227. The normalized spacial score (nSPS) is 14.0. The molecule has 0 atom stereocenters. The predicted molar refractivity (Wildman–Crippen MR) is 111 cm³/mol. The van der Waals surface area contributed by atoms with Crippen LogP contribution in [0.5, 0.6) is 0 Å². The van der Waals surface area contributed by atoms with Crippen LogP contribution in [0.25, 0.3) is 0 Å². The molecule has 29 heavy (non-hydrogen) atoms. The molecule has 1 fully saturated rings. The number of nitrogens with one attached hydrogen (secondary N) is 1. The average molecular weight is 389 g/mol. The van der Waals surface area contributed by atoms with Crippen molar-refractivity contribution < 1.29 is 4.79 Å². The van der Waals surface area contributed by atoms with Gasteiger partial charge in [0.2, 0.25) is 0 Å². The minimum atomic E-state index is -0.227. The number of aryl methyl sites for hydroxylation is 1. The SMILES string of the molecule is Cc1nc(C(=O)NCc2ccccn2)cc(N2CCN(c3ccccn3)CC2)n1. The van der Waals surface area contributed by atoms with E-state index in [2.05, 4.69) is 35.1 Å². The number of carbonyl (C=O) groups is 1. The lowest BCUT2D eigenvalue weighted by atomic mass is 10.2. The molecule has 0 radical (unpaired) electrons. The Morgan fingerprint density at radius 3 is 2.28 bits per heavy atom. The van der Waals surface area contributed by atoms with Gasteiger partial charge in [0, 0.05) is 44.6 Å². The molecule has 0 aliphatic carbocycles. The molecule has 0 aromatic carbocycles. The van der Waals surface area contributed by atoms with E-state index in [1.807, 2.05) is 49.5 Å². The summed E-state index contributed by atoms with van der Waals surface area (Å²) in [7, 11) is 0. The van der Waals surface area contributed by atoms with Gasteiger partial charge in [-0.25, -0.2) is 15.0 Å². The summed E-state index contributed by atoms with van der Waals surface area (Å²) in [4.78, 5) is 34.5. The molecule has 8 nitrogen and oxygen atoms in total. The average Bonchev–Trinajstić information content (AvgIpc) is 2.78. The van der Waals surface area contributed by atoms with Gasteiger partial charge in [0.15, 0.2) is 0 Å². The molecular formula is C21H23N7O. The summed E-state index contributed by atoms with van der Waals surface area (Å²) in [6.07, 6.45) is 3.52. The van der Waals surface area contributed by atoms with Crippen LogP contribution in [0.15, 0.2) is 54.9 Å². The second-order valence-electron chi connectivity index (χ2n) is 6.82. The Kier molecular flexibility index (Phi) is 5.60. The number of aromatic nitrogens is 4. The van der Waals surface area contributed by atoms with Crippen molar-refractivity contribution in [3.63, 3.8) is 0 Å². The van der Waals surface area contributed by atoms with Gasteiger partial charge in [-0.05, 0) is 31.2 Å². The minimum Gasteiger partial charge on any atom is -0.353 e. The van der Waals surface area contributed by atoms with E-state index in [0.717, 1.165) is 43.5 Å². The number of carbonyl (C=O) groups excluding carboxylic acids is 1. The number of nitrogens with zero attached hydrogens (tertiary/aromatic N) is 6. The van der Waals surface area contributed by atoms with Gasteiger partial charge < -0.3 is 15.1 Å². The first-order valence-corrected chi connectivity index (χ1v) is 9.64. The van der Waals surface area contributed by atoms with E-state index in [-0.39, 0.29) is 5.91 Å². The third-order valence-corrected chi connectivity index (χ3v) is 4.79. The van der Waals surface area contributed by atoms with E-state index in [4.69, 9.17) is 0 Å². The fraction of sp³-hybridized carbons (Fsp3) is 0.286. The summed E-state index contributed by atoms with van der Waals surface area (Å²) in [5.41, 5.74) is 1.17. The van der Waals surface area contributed by atoms with Crippen molar-refractivity contribution in [2.45, 2.75) is 13.5 Å². The summed E-state index contributed by atoms with van der Waals surface area (Å²) in [5.74, 6) is 2.12. The van der Waals surface area contributed by atoms with E-state index in [1.54, 1.807) is 12.3 Å². The van der Waals surface area contributed by atoms with Gasteiger partial charge in [-0.15, -0.1) is 0 Å². The van der Waals surface area contributed by atoms with Gasteiger partial charge in [0.1, 0.15) is 23.2 Å². The van der Waals surface area contributed by atoms with Crippen LogP contribution in [0.3, 0.4) is 0 Å². The number of rotatable bonds is 5. The molecule has 3 aromatic rings. The highest BCUT2D eigenvalue weighted by Crippen LogP contribution is 2.18. The third kappa shape index (κ3) is 4.66. The van der Waals surface area contributed by atoms with Gasteiger partial charge in [-0.2, -0.15) is 0 Å². The quantitative estimate of drug-likeness (QED) is 0.712. The maximum atomic E-state index is 12.6. The molecular weight excluding hydrogens is 366 g/mol. The van der Waals surface area contributed by atoms with Crippen LogP contribution in [-0.2, 0) is 6.54 Å². The molecule has 1 aliphatic heterocycles. The molecule has 8 heteroatoms. The fourth-order valence-corrected chi connectivity index (χ4v) is 3.30. The van der Waals surface area contributed by atoms with Crippen molar-refractivity contribution in [2.75, 3.05) is 36.0 Å². The zero-order valence-corrected chi connectivity index (χ0v) is 16.3. The van der Waals surface area contributed by atoms with Crippen LogP contribution in [0.4, 0.5) is 11.6 Å². The monoisotopic (exact) mass is 389 g/mol. The van der Waals surface area contributed by atoms with Gasteiger partial charge >= 0.3 is 0 Å². The Bertz CT molecular complexity index is 957. The van der Waals surface area contributed by atoms with Crippen molar-refractivity contribution in [3.8, 4) is 0 Å². The summed E-state index contributed by atoms with van der Waals surface area (Å²) in [6.45, 7) is 5.48. The third-order valence-electron chi connectivity index (χ3n) is 4.79. The van der Waals surface area contributed by atoms with E-state index in [0.29, 0.717) is 18.1 Å². The maximum absolute atomic E-state index is 12.6. The van der Waals surface area contributed by atoms with Crippen LogP contribution < -0.4 is 15.1 Å². The molecule has 4 rings (SSSR count). The molecule has 4 heterocycles. The van der Waals surface area contributed by atoms with E-state index in [1.165, 1.54) is 0 Å². The second-order valence-corrected chi connectivity index (χ2v) is 6.82. The van der Waals surface area contributed by atoms with Crippen LogP contribution in [0.1, 0.15) is 22.0 Å². The Labute approximate surface area is 169 Å². The van der Waals surface area contributed by atoms with E-state index >= 15 is 0 Å². The fourth-order valence-electron chi connectivity index (χ4n) is 3.30. The molecule has 1 amide bonds. The molecule has 3 aromatic heterocycles. The molecule has 1 aliphatic rings. The van der Waals surface area contributed by atoms with Crippen molar-refractivity contribution in [1.82, 2.24) is 25.3 Å². The van der Waals surface area contributed by atoms with Crippen molar-refractivity contribution in [3.05, 3.63) is 72.1 Å². The largest absolute Gasteiger partial charge is 0.353 e. The van der Waals surface area contributed by atoms with Gasteiger partial charge in [-0.1, -0.05) is 12.1 Å². The Morgan fingerprint density at radius 2 is 1.62 bits per heavy atom. The first-order valence-electron chi connectivity index (χ1n) is 9.64. The summed E-state index contributed by atoms with van der Waals surface area (Å²) >= 11 is 0. The lowest BCUT2D eigenvalue weighted by Gasteiger charge is -2.36. The van der Waals surface area contributed by atoms with Gasteiger partial charge in [0.05, 0.1) is 12.2 Å². The molecule has 0 bridgehead atoms.